The number of carbonyl (C=O) groups excluding carboxylic acids is 2. The van der Waals surface area contributed by atoms with Gasteiger partial charge in [0.05, 0.1) is 13.5 Å². The summed E-state index contributed by atoms with van der Waals surface area (Å²) in [5, 5.41) is 2.94. The Labute approximate surface area is 149 Å². The van der Waals surface area contributed by atoms with Crippen LogP contribution in [0, 0.1) is 0 Å². The van der Waals surface area contributed by atoms with E-state index in [1.807, 2.05) is 18.2 Å². The summed E-state index contributed by atoms with van der Waals surface area (Å²) in [4.78, 5) is 23.6. The molecule has 25 heavy (non-hydrogen) atoms. The lowest BCUT2D eigenvalue weighted by molar-refractivity contribution is -0.120. The summed E-state index contributed by atoms with van der Waals surface area (Å²) in [6.07, 6.45) is 3.20. The highest BCUT2D eigenvalue weighted by molar-refractivity contribution is 5.94. The first-order chi connectivity index (χ1) is 12.1. The fourth-order valence-corrected chi connectivity index (χ4v) is 2.70. The number of carbonyl (C=O) groups is 2. The van der Waals surface area contributed by atoms with Gasteiger partial charge in [0.1, 0.15) is 5.75 Å². The first-order valence-electron chi connectivity index (χ1n) is 8.58. The number of unbranched alkanes of at least 4 members (excludes halogenated alkanes) is 1. The lowest BCUT2D eigenvalue weighted by Gasteiger charge is -2.10. The standard InChI is InChI=1S/C21H25NO3/c1-16(23)18-11-12-20(25-2)19(14-18)15-21(24)22-13-7-6-10-17-8-4-3-5-9-17/h3-5,8-9,11-12,14H,6-7,10,13,15H2,1-2H3,(H,22,24). The molecular formula is C21H25NO3. The average Bonchev–Trinajstić information content (AvgIpc) is 2.62. The molecule has 0 aliphatic heterocycles. The predicted molar refractivity (Wildman–Crippen MR) is 99.1 cm³/mol. The Hall–Kier alpha value is -2.62. The van der Waals surface area contributed by atoms with Crippen LogP contribution < -0.4 is 10.1 Å². The SMILES string of the molecule is COc1ccc(C(C)=O)cc1CC(=O)NCCCCc1ccccc1. The quantitative estimate of drug-likeness (QED) is 0.561. The topological polar surface area (TPSA) is 55.4 Å². The van der Waals surface area contributed by atoms with Crippen molar-refractivity contribution in [3.05, 3.63) is 65.2 Å². The molecule has 1 N–H and O–H groups in total. The van der Waals surface area contributed by atoms with E-state index in [4.69, 9.17) is 4.74 Å². The molecule has 4 heteroatoms. The molecule has 4 nitrogen and oxygen atoms in total. The molecule has 0 saturated heterocycles. The van der Waals surface area contributed by atoms with E-state index < -0.39 is 0 Å². The molecule has 0 aliphatic rings. The van der Waals surface area contributed by atoms with Crippen LogP contribution in [0.4, 0.5) is 0 Å². The average molecular weight is 339 g/mol. The predicted octanol–water partition coefficient (Wildman–Crippen LogP) is 3.58. The van der Waals surface area contributed by atoms with Crippen molar-refractivity contribution in [2.75, 3.05) is 13.7 Å². The van der Waals surface area contributed by atoms with Crippen molar-refractivity contribution in [1.29, 1.82) is 0 Å². The van der Waals surface area contributed by atoms with Crippen LogP contribution in [0.15, 0.2) is 48.5 Å². The highest BCUT2D eigenvalue weighted by Crippen LogP contribution is 2.20. The van der Waals surface area contributed by atoms with Crippen LogP contribution in [0.3, 0.4) is 0 Å². The molecule has 2 aromatic carbocycles. The zero-order valence-corrected chi connectivity index (χ0v) is 14.9. The van der Waals surface area contributed by atoms with Gasteiger partial charge >= 0.3 is 0 Å². The van der Waals surface area contributed by atoms with Crippen molar-refractivity contribution in [2.45, 2.75) is 32.6 Å². The molecule has 0 heterocycles. The lowest BCUT2D eigenvalue weighted by atomic mass is 10.0. The summed E-state index contributed by atoms with van der Waals surface area (Å²) in [6, 6.07) is 15.5. The van der Waals surface area contributed by atoms with E-state index in [9.17, 15) is 9.59 Å². The van der Waals surface area contributed by atoms with E-state index >= 15 is 0 Å². The van der Waals surface area contributed by atoms with Crippen LogP contribution in [0.5, 0.6) is 5.75 Å². The van der Waals surface area contributed by atoms with Crippen LogP contribution >= 0.6 is 0 Å². The number of amides is 1. The van der Waals surface area contributed by atoms with E-state index in [2.05, 4.69) is 17.4 Å². The Morgan fingerprint density at radius 2 is 1.80 bits per heavy atom. The highest BCUT2D eigenvalue weighted by atomic mass is 16.5. The van der Waals surface area contributed by atoms with Crippen LogP contribution in [-0.2, 0) is 17.6 Å². The number of methoxy groups -OCH3 is 1. The van der Waals surface area contributed by atoms with Crippen molar-refractivity contribution < 1.29 is 14.3 Å². The first-order valence-corrected chi connectivity index (χ1v) is 8.58. The van der Waals surface area contributed by atoms with Crippen LogP contribution in [-0.4, -0.2) is 25.3 Å². The maximum Gasteiger partial charge on any atom is 0.224 e. The van der Waals surface area contributed by atoms with E-state index in [-0.39, 0.29) is 18.1 Å². The molecule has 0 fully saturated rings. The molecule has 0 atom stereocenters. The summed E-state index contributed by atoms with van der Waals surface area (Å²) in [6.45, 7) is 2.17. The van der Waals surface area contributed by atoms with Crippen molar-refractivity contribution in [3.63, 3.8) is 0 Å². The van der Waals surface area contributed by atoms with Gasteiger partial charge in [-0.25, -0.2) is 0 Å². The van der Waals surface area contributed by atoms with E-state index in [0.29, 0.717) is 17.9 Å². The second-order valence-electron chi connectivity index (χ2n) is 6.05. The second kappa shape index (κ2) is 9.62. The number of hydrogen-bond acceptors (Lipinski definition) is 3. The Kier molecular flexibility index (Phi) is 7.20. The number of Topliss-reactive ketones (excluding diaryl/α,β-unsaturated/α-hetero) is 1. The highest BCUT2D eigenvalue weighted by Gasteiger charge is 2.11. The zero-order valence-electron chi connectivity index (χ0n) is 14.9. The van der Waals surface area contributed by atoms with Crippen molar-refractivity contribution in [1.82, 2.24) is 5.32 Å². The van der Waals surface area contributed by atoms with E-state index in [1.54, 1.807) is 25.3 Å². The maximum atomic E-state index is 12.1. The number of hydrogen-bond donors (Lipinski definition) is 1. The van der Waals surface area contributed by atoms with Gasteiger partial charge in [-0.3, -0.25) is 9.59 Å². The zero-order chi connectivity index (χ0) is 18.1. The molecule has 1 amide bonds. The minimum absolute atomic E-state index is 0.0229. The van der Waals surface area contributed by atoms with Gasteiger partial charge < -0.3 is 10.1 Å². The van der Waals surface area contributed by atoms with Gasteiger partial charge in [0.15, 0.2) is 5.78 Å². The molecule has 0 saturated carbocycles. The Morgan fingerprint density at radius 1 is 1.04 bits per heavy atom. The largest absolute Gasteiger partial charge is 0.496 e. The molecule has 0 unspecified atom stereocenters. The maximum absolute atomic E-state index is 12.1. The van der Waals surface area contributed by atoms with Gasteiger partial charge in [-0.15, -0.1) is 0 Å². The number of ketones is 1. The van der Waals surface area contributed by atoms with Gasteiger partial charge in [-0.05, 0) is 49.9 Å². The molecule has 0 radical (unpaired) electrons. The smallest absolute Gasteiger partial charge is 0.224 e. The third-order valence-corrected chi connectivity index (χ3v) is 4.10. The molecule has 0 bridgehead atoms. The number of rotatable bonds is 9. The molecule has 0 spiro atoms. The third kappa shape index (κ3) is 6.07. The van der Waals surface area contributed by atoms with Crippen LogP contribution in [0.2, 0.25) is 0 Å². The molecule has 132 valence electrons. The van der Waals surface area contributed by atoms with Crippen LogP contribution in [0.25, 0.3) is 0 Å². The minimum Gasteiger partial charge on any atom is -0.496 e. The summed E-state index contributed by atoms with van der Waals surface area (Å²) in [7, 11) is 1.56. The van der Waals surface area contributed by atoms with Crippen molar-refractivity contribution in [2.24, 2.45) is 0 Å². The lowest BCUT2D eigenvalue weighted by Crippen LogP contribution is -2.26. The number of ether oxygens (including phenoxy) is 1. The minimum atomic E-state index is -0.0567. The fourth-order valence-electron chi connectivity index (χ4n) is 2.70. The molecule has 2 aromatic rings. The molecular weight excluding hydrogens is 314 g/mol. The molecule has 2 rings (SSSR count). The normalized spacial score (nSPS) is 10.3. The summed E-state index contributed by atoms with van der Waals surface area (Å²) < 4.78 is 5.28. The van der Waals surface area contributed by atoms with Gasteiger partial charge in [0.25, 0.3) is 0 Å². The second-order valence-corrected chi connectivity index (χ2v) is 6.05. The number of benzene rings is 2. The van der Waals surface area contributed by atoms with Gasteiger partial charge in [0, 0.05) is 17.7 Å². The summed E-state index contributed by atoms with van der Waals surface area (Å²) in [5.74, 6) is 0.549. The van der Waals surface area contributed by atoms with Gasteiger partial charge in [-0.2, -0.15) is 0 Å². The van der Waals surface area contributed by atoms with E-state index in [1.165, 1.54) is 12.5 Å². The third-order valence-electron chi connectivity index (χ3n) is 4.10. The first kappa shape index (κ1) is 18.7. The van der Waals surface area contributed by atoms with Crippen molar-refractivity contribution >= 4 is 11.7 Å². The Bertz CT molecular complexity index is 710. The monoisotopic (exact) mass is 339 g/mol. The van der Waals surface area contributed by atoms with Crippen LogP contribution in [0.1, 0.15) is 41.3 Å². The Balaban J connectivity index is 1.78. The molecule has 0 aromatic heterocycles. The number of nitrogens with one attached hydrogen (secondary N) is 1. The van der Waals surface area contributed by atoms with Crippen molar-refractivity contribution in [3.8, 4) is 5.75 Å². The summed E-state index contributed by atoms with van der Waals surface area (Å²) >= 11 is 0. The molecule has 0 aliphatic carbocycles. The fraction of sp³-hybridized carbons (Fsp3) is 0.333. The van der Waals surface area contributed by atoms with E-state index in [0.717, 1.165) is 24.8 Å². The van der Waals surface area contributed by atoms with Gasteiger partial charge in [-0.1, -0.05) is 30.3 Å². The number of aryl methyl sites for hydroxylation is 1. The van der Waals surface area contributed by atoms with Gasteiger partial charge in [0.2, 0.25) is 5.91 Å². The Morgan fingerprint density at radius 3 is 2.48 bits per heavy atom. The summed E-state index contributed by atoms with van der Waals surface area (Å²) in [5.41, 5.74) is 2.64.